The van der Waals surface area contributed by atoms with E-state index in [0.717, 1.165) is 6.42 Å². The maximum atomic E-state index is 6.38. The van der Waals surface area contributed by atoms with Crippen LogP contribution in [0, 0.1) is 11.3 Å². The first-order valence-corrected chi connectivity index (χ1v) is 7.72. The second-order valence-corrected chi connectivity index (χ2v) is 7.52. The van der Waals surface area contributed by atoms with Gasteiger partial charge >= 0.3 is 0 Å². The Bertz CT molecular complexity index is 419. The highest BCUT2D eigenvalue weighted by atomic mass is 14.7. The van der Waals surface area contributed by atoms with Gasteiger partial charge in [-0.1, -0.05) is 52.0 Å². The predicted octanol–water partition coefficient (Wildman–Crippen LogP) is 4.51. The molecule has 1 aliphatic carbocycles. The molecule has 0 saturated heterocycles. The maximum Gasteiger partial charge on any atom is 0.0108 e. The Hall–Kier alpha value is -0.820. The minimum absolute atomic E-state index is 0.335. The van der Waals surface area contributed by atoms with Gasteiger partial charge in [0.2, 0.25) is 0 Å². The van der Waals surface area contributed by atoms with E-state index in [4.69, 9.17) is 5.73 Å². The lowest BCUT2D eigenvalue weighted by Gasteiger charge is -2.39. The third-order valence-electron chi connectivity index (χ3n) is 4.47. The molecule has 1 aromatic rings. The SMILES string of the molecule is CC(C)Cc1cccc(C2CC(C)(C)CCC2N)c1. The van der Waals surface area contributed by atoms with Crippen molar-refractivity contribution in [2.45, 2.75) is 65.3 Å². The largest absolute Gasteiger partial charge is 0.327 e. The van der Waals surface area contributed by atoms with Crippen LogP contribution in [0.25, 0.3) is 0 Å². The van der Waals surface area contributed by atoms with Crippen LogP contribution in [0.15, 0.2) is 24.3 Å². The quantitative estimate of drug-likeness (QED) is 0.849. The number of rotatable bonds is 3. The first kappa shape index (κ1) is 14.6. The number of nitrogens with two attached hydrogens (primary N) is 1. The van der Waals surface area contributed by atoms with E-state index in [9.17, 15) is 0 Å². The van der Waals surface area contributed by atoms with Crippen LogP contribution in [0.3, 0.4) is 0 Å². The second kappa shape index (κ2) is 5.66. The molecule has 1 aliphatic rings. The van der Waals surface area contributed by atoms with E-state index < -0.39 is 0 Å². The van der Waals surface area contributed by atoms with E-state index in [1.807, 2.05) is 0 Å². The molecule has 2 unspecified atom stereocenters. The molecule has 0 radical (unpaired) electrons. The third-order valence-corrected chi connectivity index (χ3v) is 4.47. The summed E-state index contributed by atoms with van der Waals surface area (Å²) in [5.74, 6) is 1.25. The Kier molecular flexibility index (Phi) is 4.35. The Morgan fingerprint density at radius 1 is 1.32 bits per heavy atom. The average molecular weight is 259 g/mol. The highest BCUT2D eigenvalue weighted by Gasteiger charge is 2.33. The van der Waals surface area contributed by atoms with E-state index in [1.165, 1.54) is 30.4 Å². The summed E-state index contributed by atoms with van der Waals surface area (Å²) in [5, 5.41) is 0. The van der Waals surface area contributed by atoms with E-state index >= 15 is 0 Å². The van der Waals surface area contributed by atoms with Crippen LogP contribution < -0.4 is 5.73 Å². The minimum atomic E-state index is 0.335. The summed E-state index contributed by atoms with van der Waals surface area (Å²) in [6.07, 6.45) is 4.81. The fourth-order valence-corrected chi connectivity index (χ4v) is 3.39. The van der Waals surface area contributed by atoms with Crippen LogP contribution >= 0.6 is 0 Å². The van der Waals surface area contributed by atoms with Crippen molar-refractivity contribution in [1.29, 1.82) is 0 Å². The molecule has 0 aliphatic heterocycles. The molecule has 1 saturated carbocycles. The summed E-state index contributed by atoms with van der Waals surface area (Å²) >= 11 is 0. The van der Waals surface area contributed by atoms with Gasteiger partial charge in [0.25, 0.3) is 0 Å². The van der Waals surface area contributed by atoms with Crippen molar-refractivity contribution in [2.75, 3.05) is 0 Å². The van der Waals surface area contributed by atoms with Gasteiger partial charge in [-0.25, -0.2) is 0 Å². The van der Waals surface area contributed by atoms with Gasteiger partial charge in [-0.15, -0.1) is 0 Å². The summed E-state index contributed by atoms with van der Waals surface area (Å²) < 4.78 is 0. The van der Waals surface area contributed by atoms with E-state index in [0.29, 0.717) is 23.3 Å². The van der Waals surface area contributed by atoms with Crippen LogP contribution in [-0.4, -0.2) is 6.04 Å². The molecule has 2 rings (SSSR count). The molecule has 19 heavy (non-hydrogen) atoms. The molecule has 0 aromatic heterocycles. The molecular weight excluding hydrogens is 230 g/mol. The summed E-state index contributed by atoms with van der Waals surface area (Å²) in [7, 11) is 0. The summed E-state index contributed by atoms with van der Waals surface area (Å²) in [6, 6.07) is 9.47. The summed E-state index contributed by atoms with van der Waals surface area (Å²) in [5.41, 5.74) is 9.74. The molecule has 106 valence electrons. The molecule has 0 spiro atoms. The van der Waals surface area contributed by atoms with E-state index in [1.54, 1.807) is 0 Å². The zero-order valence-electron chi connectivity index (χ0n) is 12.9. The minimum Gasteiger partial charge on any atom is -0.327 e. The Morgan fingerprint density at radius 2 is 2.05 bits per heavy atom. The fourth-order valence-electron chi connectivity index (χ4n) is 3.39. The maximum absolute atomic E-state index is 6.38. The molecule has 0 bridgehead atoms. The number of hydrogen-bond donors (Lipinski definition) is 1. The van der Waals surface area contributed by atoms with Gasteiger partial charge < -0.3 is 5.73 Å². The molecule has 1 heteroatoms. The van der Waals surface area contributed by atoms with Gasteiger partial charge in [-0.05, 0) is 54.1 Å². The van der Waals surface area contributed by atoms with Crippen molar-refractivity contribution in [3.8, 4) is 0 Å². The highest BCUT2D eigenvalue weighted by molar-refractivity contribution is 5.28. The molecule has 0 amide bonds. The van der Waals surface area contributed by atoms with Crippen molar-refractivity contribution >= 4 is 0 Å². The molecule has 0 heterocycles. The Labute approximate surface area is 118 Å². The normalized spacial score (nSPS) is 26.6. The van der Waals surface area contributed by atoms with Crippen LogP contribution in [0.5, 0.6) is 0 Å². The van der Waals surface area contributed by atoms with Crippen molar-refractivity contribution in [3.05, 3.63) is 35.4 Å². The lowest BCUT2D eigenvalue weighted by atomic mass is 9.68. The van der Waals surface area contributed by atoms with Gasteiger partial charge in [-0.3, -0.25) is 0 Å². The predicted molar refractivity (Wildman–Crippen MR) is 83.3 cm³/mol. The number of hydrogen-bond acceptors (Lipinski definition) is 1. The second-order valence-electron chi connectivity index (χ2n) is 7.52. The molecule has 1 aromatic carbocycles. The lowest BCUT2D eigenvalue weighted by Crippen LogP contribution is -2.37. The first-order chi connectivity index (χ1) is 8.87. The van der Waals surface area contributed by atoms with Crippen molar-refractivity contribution in [3.63, 3.8) is 0 Å². The zero-order chi connectivity index (χ0) is 14.0. The zero-order valence-corrected chi connectivity index (χ0v) is 12.9. The summed E-state index contributed by atoms with van der Waals surface area (Å²) in [6.45, 7) is 9.32. The Morgan fingerprint density at radius 3 is 2.74 bits per heavy atom. The number of benzene rings is 1. The van der Waals surface area contributed by atoms with Crippen molar-refractivity contribution < 1.29 is 0 Å². The van der Waals surface area contributed by atoms with Crippen LogP contribution in [-0.2, 0) is 6.42 Å². The van der Waals surface area contributed by atoms with Gasteiger partial charge in [0.1, 0.15) is 0 Å². The standard InChI is InChI=1S/C18H29N/c1-13(2)10-14-6-5-7-15(11-14)16-12-18(3,4)9-8-17(16)19/h5-7,11,13,16-17H,8-10,12,19H2,1-4H3. The molecule has 1 nitrogen and oxygen atoms in total. The van der Waals surface area contributed by atoms with Gasteiger partial charge in [0, 0.05) is 6.04 Å². The third kappa shape index (κ3) is 3.82. The fraction of sp³-hybridized carbons (Fsp3) is 0.667. The summed E-state index contributed by atoms with van der Waals surface area (Å²) in [4.78, 5) is 0. The van der Waals surface area contributed by atoms with Gasteiger partial charge in [-0.2, -0.15) is 0 Å². The average Bonchev–Trinajstić information content (AvgIpc) is 2.32. The van der Waals surface area contributed by atoms with Gasteiger partial charge in [0.05, 0.1) is 0 Å². The van der Waals surface area contributed by atoms with Crippen LogP contribution in [0.2, 0.25) is 0 Å². The molecule has 2 atom stereocenters. The highest BCUT2D eigenvalue weighted by Crippen LogP contribution is 2.42. The Balaban J connectivity index is 2.20. The molecular formula is C18H29N. The van der Waals surface area contributed by atoms with Crippen molar-refractivity contribution in [2.24, 2.45) is 17.1 Å². The van der Waals surface area contributed by atoms with E-state index in [-0.39, 0.29) is 0 Å². The van der Waals surface area contributed by atoms with E-state index in [2.05, 4.69) is 52.0 Å². The first-order valence-electron chi connectivity index (χ1n) is 7.72. The monoisotopic (exact) mass is 259 g/mol. The molecule has 2 N–H and O–H groups in total. The topological polar surface area (TPSA) is 26.0 Å². The van der Waals surface area contributed by atoms with Crippen molar-refractivity contribution in [1.82, 2.24) is 0 Å². The van der Waals surface area contributed by atoms with Crippen LogP contribution in [0.4, 0.5) is 0 Å². The smallest absolute Gasteiger partial charge is 0.0108 e. The van der Waals surface area contributed by atoms with Gasteiger partial charge in [0.15, 0.2) is 0 Å². The lowest BCUT2D eigenvalue weighted by molar-refractivity contribution is 0.198. The van der Waals surface area contributed by atoms with Crippen LogP contribution in [0.1, 0.15) is 64.0 Å². The molecule has 1 fully saturated rings.